The molecule has 13 heteroatoms. The summed E-state index contributed by atoms with van der Waals surface area (Å²) in [7, 11) is 1.50. The highest BCUT2D eigenvalue weighted by Gasteiger charge is 2.57. The SMILES string of the molecule is CN(C(=O)[C@H](CC1CC1)NC(=O)OCc1ccccc1)[C@@H](CC1CC1)C(=O)N1C[C@@]2(C[C@H]1C#N)Oc1cc(F)cc(F)c1NC2=O. The van der Waals surface area contributed by atoms with Crippen LogP contribution < -0.4 is 15.4 Å². The minimum Gasteiger partial charge on any atom is -0.473 e. The van der Waals surface area contributed by atoms with Crippen LogP contribution in [0.25, 0.3) is 0 Å². The summed E-state index contributed by atoms with van der Waals surface area (Å²) in [6, 6.07) is 9.73. The molecule has 0 unspecified atom stereocenters. The number of carbonyl (C=O) groups excluding carboxylic acids is 4. The number of alkyl carbamates (subject to hydrolysis) is 1. The molecule has 2 heterocycles. The molecular formula is C33H35F2N5O6. The zero-order valence-electron chi connectivity index (χ0n) is 25.3. The summed E-state index contributed by atoms with van der Waals surface area (Å²) in [6.45, 7) is -0.326. The number of nitrogens with zero attached hydrogens (tertiary/aromatic N) is 3. The monoisotopic (exact) mass is 635 g/mol. The van der Waals surface area contributed by atoms with E-state index in [0.29, 0.717) is 18.9 Å². The first kappa shape index (κ1) is 31.3. The molecule has 3 fully saturated rings. The Hall–Kier alpha value is -4.73. The van der Waals surface area contributed by atoms with Crippen molar-refractivity contribution in [2.75, 3.05) is 18.9 Å². The van der Waals surface area contributed by atoms with Gasteiger partial charge < -0.3 is 29.9 Å². The van der Waals surface area contributed by atoms with E-state index < -0.39 is 59.2 Å². The van der Waals surface area contributed by atoms with E-state index in [0.717, 1.165) is 37.3 Å². The minimum absolute atomic E-state index is 0.0291. The molecule has 242 valence electrons. The molecule has 11 nitrogen and oxygen atoms in total. The lowest BCUT2D eigenvalue weighted by molar-refractivity contribution is -0.147. The van der Waals surface area contributed by atoms with E-state index in [1.807, 2.05) is 30.3 Å². The Kier molecular flexibility index (Phi) is 8.55. The number of likely N-dealkylation sites (tertiary alicyclic amines) is 1. The van der Waals surface area contributed by atoms with Crippen molar-refractivity contribution in [3.8, 4) is 11.8 Å². The second kappa shape index (κ2) is 12.6. The first-order valence-corrected chi connectivity index (χ1v) is 15.5. The maximum atomic E-state index is 14.4. The van der Waals surface area contributed by atoms with Gasteiger partial charge in [-0.2, -0.15) is 5.26 Å². The molecule has 2 saturated carbocycles. The van der Waals surface area contributed by atoms with E-state index in [-0.39, 0.29) is 42.8 Å². The van der Waals surface area contributed by atoms with Crippen LogP contribution in [0, 0.1) is 34.8 Å². The fraction of sp³-hybridized carbons (Fsp3) is 0.485. The van der Waals surface area contributed by atoms with Crippen LogP contribution in [0.3, 0.4) is 0 Å². The Balaban J connectivity index is 1.19. The Labute approximate surface area is 264 Å². The molecule has 2 N–H and O–H groups in total. The maximum absolute atomic E-state index is 14.4. The number of rotatable bonds is 10. The maximum Gasteiger partial charge on any atom is 0.408 e. The van der Waals surface area contributed by atoms with Gasteiger partial charge in [0.1, 0.15) is 36.2 Å². The molecule has 2 aromatic rings. The zero-order valence-corrected chi connectivity index (χ0v) is 25.3. The molecule has 2 aliphatic carbocycles. The van der Waals surface area contributed by atoms with Crippen LogP contribution in [0.1, 0.15) is 50.5 Å². The van der Waals surface area contributed by atoms with Crippen LogP contribution in [0.4, 0.5) is 19.3 Å². The molecule has 46 heavy (non-hydrogen) atoms. The van der Waals surface area contributed by atoms with Gasteiger partial charge in [0, 0.05) is 25.6 Å². The third kappa shape index (κ3) is 6.61. The first-order chi connectivity index (χ1) is 22.1. The van der Waals surface area contributed by atoms with Gasteiger partial charge in [0.25, 0.3) is 5.91 Å². The van der Waals surface area contributed by atoms with Crippen molar-refractivity contribution in [1.29, 1.82) is 5.26 Å². The van der Waals surface area contributed by atoms with Gasteiger partial charge in [0.2, 0.25) is 17.4 Å². The van der Waals surface area contributed by atoms with Crippen LogP contribution in [0.2, 0.25) is 0 Å². The molecule has 1 saturated heterocycles. The number of halogens is 2. The summed E-state index contributed by atoms with van der Waals surface area (Å²) >= 11 is 0. The third-order valence-electron chi connectivity index (χ3n) is 9.16. The highest BCUT2D eigenvalue weighted by atomic mass is 19.1. The van der Waals surface area contributed by atoms with Crippen molar-refractivity contribution < 1.29 is 37.4 Å². The number of fused-ring (bicyclic) bond motifs is 1. The number of amides is 4. The van der Waals surface area contributed by atoms with Crippen molar-refractivity contribution >= 4 is 29.5 Å². The average molecular weight is 636 g/mol. The number of likely N-dealkylation sites (N-methyl/N-ethyl adjacent to an activating group) is 1. The Morgan fingerprint density at radius 3 is 2.52 bits per heavy atom. The van der Waals surface area contributed by atoms with Crippen molar-refractivity contribution in [2.45, 2.75) is 75.3 Å². The van der Waals surface area contributed by atoms with Crippen LogP contribution in [-0.2, 0) is 25.7 Å². The minimum atomic E-state index is -1.76. The van der Waals surface area contributed by atoms with Crippen molar-refractivity contribution in [3.05, 3.63) is 59.7 Å². The van der Waals surface area contributed by atoms with Crippen molar-refractivity contribution in [3.63, 3.8) is 0 Å². The second-order valence-electron chi connectivity index (χ2n) is 12.7. The fourth-order valence-electron chi connectivity index (χ4n) is 6.19. The molecular weight excluding hydrogens is 600 g/mol. The van der Waals surface area contributed by atoms with Crippen LogP contribution in [0.15, 0.2) is 42.5 Å². The van der Waals surface area contributed by atoms with E-state index in [9.17, 15) is 33.2 Å². The van der Waals surface area contributed by atoms with E-state index in [4.69, 9.17) is 9.47 Å². The molecule has 0 aromatic heterocycles. The number of ether oxygens (including phenoxy) is 2. The average Bonchev–Trinajstić information content (AvgIpc) is 3.98. The number of nitriles is 1. The van der Waals surface area contributed by atoms with E-state index in [2.05, 4.69) is 16.7 Å². The molecule has 6 rings (SSSR count). The molecule has 4 aliphatic rings. The van der Waals surface area contributed by atoms with E-state index >= 15 is 0 Å². The van der Waals surface area contributed by atoms with E-state index in [1.165, 1.54) is 16.8 Å². The molecule has 4 amide bonds. The molecule has 2 aromatic carbocycles. The zero-order chi connectivity index (χ0) is 32.6. The Morgan fingerprint density at radius 1 is 1.15 bits per heavy atom. The van der Waals surface area contributed by atoms with Gasteiger partial charge >= 0.3 is 6.09 Å². The first-order valence-electron chi connectivity index (χ1n) is 15.5. The van der Waals surface area contributed by atoms with Crippen LogP contribution >= 0.6 is 0 Å². The quantitative estimate of drug-likeness (QED) is 0.404. The highest BCUT2D eigenvalue weighted by Crippen LogP contribution is 2.43. The van der Waals surface area contributed by atoms with Gasteiger partial charge in [-0.1, -0.05) is 56.0 Å². The molecule has 0 radical (unpaired) electrons. The van der Waals surface area contributed by atoms with Crippen LogP contribution in [-0.4, -0.2) is 70.9 Å². The Bertz CT molecular complexity index is 1580. The predicted molar refractivity (Wildman–Crippen MR) is 159 cm³/mol. The van der Waals surface area contributed by atoms with Gasteiger partial charge in [-0.15, -0.1) is 0 Å². The van der Waals surface area contributed by atoms with E-state index in [1.54, 1.807) is 0 Å². The van der Waals surface area contributed by atoms with Gasteiger partial charge in [0.05, 0.1) is 12.6 Å². The Morgan fingerprint density at radius 2 is 1.85 bits per heavy atom. The summed E-state index contributed by atoms with van der Waals surface area (Å²) in [4.78, 5) is 56.7. The van der Waals surface area contributed by atoms with Crippen molar-refractivity contribution in [1.82, 2.24) is 15.1 Å². The number of hydrogen-bond acceptors (Lipinski definition) is 7. The molecule has 0 bridgehead atoms. The van der Waals surface area contributed by atoms with Crippen molar-refractivity contribution in [2.24, 2.45) is 11.8 Å². The predicted octanol–water partition coefficient (Wildman–Crippen LogP) is 3.88. The van der Waals surface area contributed by atoms with Gasteiger partial charge in [-0.05, 0) is 30.2 Å². The van der Waals surface area contributed by atoms with Crippen LogP contribution in [0.5, 0.6) is 5.75 Å². The van der Waals surface area contributed by atoms with Gasteiger partial charge in [-0.3, -0.25) is 14.4 Å². The lowest BCUT2D eigenvalue weighted by Gasteiger charge is -2.36. The summed E-state index contributed by atoms with van der Waals surface area (Å²) in [6.07, 6.45) is 3.37. The molecule has 2 aliphatic heterocycles. The largest absolute Gasteiger partial charge is 0.473 e. The summed E-state index contributed by atoms with van der Waals surface area (Å²) < 4.78 is 39.6. The number of carbonyl (C=O) groups is 4. The number of hydrogen-bond donors (Lipinski definition) is 2. The number of benzene rings is 2. The normalized spacial score (nSPS) is 23.0. The lowest BCUT2D eigenvalue weighted by Crippen LogP contribution is -2.57. The second-order valence-corrected chi connectivity index (χ2v) is 12.7. The standard InChI is InChI=1S/C33H35F2N5O6/c1-39(29(41)25(11-19-7-8-19)37-32(44)45-17-21-5-3-2-4-6-21)26(12-20-9-10-20)30(42)40-18-33(15-23(40)16-36)31(43)38-28-24(35)13-22(34)14-27(28)46-33/h2-6,13-14,19-20,23,25-26H,7-12,15,17-18H2,1H3,(H,37,44)(H,38,43)/t23-,25-,26-,33+/m0/s1. The number of anilines is 1. The smallest absolute Gasteiger partial charge is 0.408 e. The van der Waals surface area contributed by atoms with Gasteiger partial charge in [0.15, 0.2) is 11.6 Å². The third-order valence-corrected chi connectivity index (χ3v) is 9.16. The fourth-order valence-corrected chi connectivity index (χ4v) is 6.19. The van der Waals surface area contributed by atoms with Gasteiger partial charge in [-0.25, -0.2) is 13.6 Å². The number of nitrogens with one attached hydrogen (secondary N) is 2. The molecule has 1 spiro atoms. The summed E-state index contributed by atoms with van der Waals surface area (Å²) in [5.41, 5.74) is -1.28. The summed E-state index contributed by atoms with van der Waals surface area (Å²) in [5, 5.41) is 15.1. The highest BCUT2D eigenvalue weighted by molar-refractivity contribution is 6.02. The molecule has 4 atom stereocenters. The topological polar surface area (TPSA) is 141 Å². The lowest BCUT2D eigenvalue weighted by atomic mass is 9.97. The summed E-state index contributed by atoms with van der Waals surface area (Å²) in [5.74, 6) is -3.47.